The lowest BCUT2D eigenvalue weighted by Gasteiger charge is -2.24. The number of nitrogens with zero attached hydrogens (tertiary/aromatic N) is 1. The summed E-state index contributed by atoms with van der Waals surface area (Å²) in [7, 11) is 0. The summed E-state index contributed by atoms with van der Waals surface area (Å²) in [5.41, 5.74) is 14.2. The predicted molar refractivity (Wildman–Crippen MR) is 222 cm³/mol. The van der Waals surface area contributed by atoms with E-state index in [0.29, 0.717) is 0 Å². The van der Waals surface area contributed by atoms with Crippen molar-refractivity contribution in [1.29, 1.82) is 0 Å². The normalized spacial score (nSPS) is 13.3. The van der Waals surface area contributed by atoms with Crippen LogP contribution < -0.4 is 0 Å². The van der Waals surface area contributed by atoms with E-state index in [4.69, 9.17) is 0 Å². The second-order valence-corrected chi connectivity index (χ2v) is 14.8. The molecule has 11 rings (SSSR count). The summed E-state index contributed by atoms with van der Waals surface area (Å²) in [6.45, 7) is 4.77. The molecule has 0 amide bonds. The van der Waals surface area contributed by atoms with Crippen molar-refractivity contribution in [3.63, 3.8) is 0 Å². The average molecular weight is 662 g/mol. The number of para-hydroxylation sites is 2. The summed E-state index contributed by atoms with van der Waals surface area (Å²) in [4.78, 5) is 0. The lowest BCUT2D eigenvalue weighted by Crippen LogP contribution is -2.15. The maximum Gasteiger partial charge on any atom is 0.0541 e. The van der Waals surface area contributed by atoms with E-state index in [-0.39, 0.29) is 5.41 Å². The van der Waals surface area contributed by atoms with Gasteiger partial charge in [0.05, 0.1) is 11.0 Å². The second kappa shape index (κ2) is 10.8. The van der Waals surface area contributed by atoms with E-state index >= 15 is 0 Å². The molecule has 0 aliphatic heterocycles. The number of benzene rings is 9. The van der Waals surface area contributed by atoms with Crippen molar-refractivity contribution in [1.82, 2.24) is 4.57 Å². The molecule has 1 heteroatoms. The first-order valence-corrected chi connectivity index (χ1v) is 18.3. The minimum Gasteiger partial charge on any atom is -0.309 e. The highest BCUT2D eigenvalue weighted by atomic mass is 15.0. The zero-order valence-electron chi connectivity index (χ0n) is 29.2. The number of hydrogen-bond acceptors (Lipinski definition) is 0. The van der Waals surface area contributed by atoms with Crippen LogP contribution in [0.3, 0.4) is 0 Å². The van der Waals surface area contributed by atoms with Crippen LogP contribution in [-0.2, 0) is 5.41 Å². The highest BCUT2D eigenvalue weighted by Crippen LogP contribution is 2.54. The Bertz CT molecular complexity index is 2970. The van der Waals surface area contributed by atoms with Crippen molar-refractivity contribution in [2.24, 2.45) is 0 Å². The quantitative estimate of drug-likeness (QED) is 0.166. The fourth-order valence-corrected chi connectivity index (χ4v) is 9.46. The highest BCUT2D eigenvalue weighted by Gasteiger charge is 2.37. The molecule has 1 heterocycles. The predicted octanol–water partition coefficient (Wildman–Crippen LogP) is 13.9. The molecule has 0 N–H and O–H groups in total. The van der Waals surface area contributed by atoms with Crippen molar-refractivity contribution >= 4 is 54.1 Å². The molecule has 1 aliphatic rings. The third kappa shape index (κ3) is 3.94. The monoisotopic (exact) mass is 661 g/mol. The fraction of sp³-hybridized carbons (Fsp3) is 0.0588. The van der Waals surface area contributed by atoms with Gasteiger partial charge in [0, 0.05) is 21.9 Å². The molecular formula is C51H35N. The molecule has 0 atom stereocenters. The van der Waals surface area contributed by atoms with Gasteiger partial charge in [-0.15, -0.1) is 0 Å². The second-order valence-electron chi connectivity index (χ2n) is 14.8. The van der Waals surface area contributed by atoms with Crippen LogP contribution in [-0.4, -0.2) is 4.57 Å². The first-order chi connectivity index (χ1) is 25.6. The van der Waals surface area contributed by atoms with Crippen molar-refractivity contribution in [3.8, 4) is 39.1 Å². The zero-order chi connectivity index (χ0) is 34.6. The topological polar surface area (TPSA) is 4.93 Å². The van der Waals surface area contributed by atoms with E-state index in [9.17, 15) is 0 Å². The van der Waals surface area contributed by atoms with Crippen LogP contribution in [0, 0.1) is 0 Å². The molecule has 0 fully saturated rings. The molecule has 1 aliphatic carbocycles. The number of rotatable bonds is 3. The third-order valence-electron chi connectivity index (χ3n) is 11.8. The van der Waals surface area contributed by atoms with Crippen LogP contribution in [0.15, 0.2) is 176 Å². The smallest absolute Gasteiger partial charge is 0.0541 e. The summed E-state index contributed by atoms with van der Waals surface area (Å²) >= 11 is 0. The standard InChI is InChI=1S/C51H35N/c1-51(2)44-24-12-9-23-42(44)50-37-18-4-3-15-34(37)43(31-45(50)51)49-40-21-7-5-19-38(40)48(39-20-6-8-22-41(39)49)32-27-29-33(30-28-32)52-46-25-13-10-16-35(46)36-17-11-14-26-47(36)52/h3-31H,1-2H3. The third-order valence-corrected chi connectivity index (χ3v) is 11.8. The first kappa shape index (κ1) is 29.3. The Kier molecular flexibility index (Phi) is 6.08. The van der Waals surface area contributed by atoms with E-state index in [1.165, 1.54) is 104 Å². The largest absolute Gasteiger partial charge is 0.309 e. The van der Waals surface area contributed by atoms with Gasteiger partial charge in [-0.2, -0.15) is 0 Å². The molecule has 0 saturated carbocycles. The van der Waals surface area contributed by atoms with Gasteiger partial charge in [0.2, 0.25) is 0 Å². The number of aromatic nitrogens is 1. The molecule has 0 bridgehead atoms. The SMILES string of the molecule is CC1(C)c2ccccc2-c2c1cc(-c1c3ccccc3c(-c3ccc(-n4c5ccccc5c5ccccc54)cc3)c3ccccc13)c1ccccc21. The first-order valence-electron chi connectivity index (χ1n) is 18.3. The summed E-state index contributed by atoms with van der Waals surface area (Å²) in [5, 5.41) is 10.3. The van der Waals surface area contributed by atoms with Crippen LogP contribution >= 0.6 is 0 Å². The maximum atomic E-state index is 2.52. The summed E-state index contributed by atoms with van der Waals surface area (Å²) in [6.07, 6.45) is 0. The van der Waals surface area contributed by atoms with Gasteiger partial charge in [-0.1, -0.05) is 159 Å². The van der Waals surface area contributed by atoms with Crippen molar-refractivity contribution in [2.75, 3.05) is 0 Å². The maximum absolute atomic E-state index is 2.52. The van der Waals surface area contributed by atoms with E-state index < -0.39 is 0 Å². The molecule has 52 heavy (non-hydrogen) atoms. The van der Waals surface area contributed by atoms with Crippen LogP contribution in [0.4, 0.5) is 0 Å². The molecule has 0 spiro atoms. The molecular weight excluding hydrogens is 627 g/mol. The molecule has 0 unspecified atom stereocenters. The van der Waals surface area contributed by atoms with Gasteiger partial charge < -0.3 is 4.57 Å². The minimum atomic E-state index is -0.103. The van der Waals surface area contributed by atoms with Crippen LogP contribution in [0.1, 0.15) is 25.0 Å². The molecule has 1 nitrogen and oxygen atoms in total. The Hall–Kier alpha value is -6.44. The van der Waals surface area contributed by atoms with Gasteiger partial charge in [-0.25, -0.2) is 0 Å². The number of hydrogen-bond donors (Lipinski definition) is 0. The number of fused-ring (bicyclic) bond motifs is 10. The zero-order valence-corrected chi connectivity index (χ0v) is 29.2. The molecule has 9 aromatic carbocycles. The van der Waals surface area contributed by atoms with Gasteiger partial charge in [-0.05, 0) is 107 Å². The van der Waals surface area contributed by atoms with Gasteiger partial charge in [0.15, 0.2) is 0 Å². The fourth-order valence-electron chi connectivity index (χ4n) is 9.46. The molecule has 1 aromatic heterocycles. The summed E-state index contributed by atoms with van der Waals surface area (Å²) < 4.78 is 2.40. The molecule has 0 saturated heterocycles. The van der Waals surface area contributed by atoms with Gasteiger partial charge >= 0.3 is 0 Å². The molecule has 10 aromatic rings. The molecule has 0 radical (unpaired) electrons. The Labute approximate surface area is 303 Å². The Morgan fingerprint density at radius 1 is 0.346 bits per heavy atom. The van der Waals surface area contributed by atoms with Crippen molar-refractivity contribution in [3.05, 3.63) is 187 Å². The van der Waals surface area contributed by atoms with Gasteiger partial charge in [0.25, 0.3) is 0 Å². The summed E-state index contributed by atoms with van der Waals surface area (Å²) in [6, 6.07) is 65.3. The minimum absolute atomic E-state index is 0.103. The van der Waals surface area contributed by atoms with Crippen LogP contribution in [0.5, 0.6) is 0 Å². The van der Waals surface area contributed by atoms with Crippen LogP contribution in [0.2, 0.25) is 0 Å². The van der Waals surface area contributed by atoms with E-state index in [1.54, 1.807) is 0 Å². The Morgan fingerprint density at radius 2 is 0.788 bits per heavy atom. The van der Waals surface area contributed by atoms with Crippen molar-refractivity contribution in [2.45, 2.75) is 19.3 Å². The molecule has 244 valence electrons. The summed E-state index contributed by atoms with van der Waals surface area (Å²) in [5.74, 6) is 0. The van der Waals surface area contributed by atoms with Gasteiger partial charge in [-0.3, -0.25) is 0 Å². The lowest BCUT2D eigenvalue weighted by molar-refractivity contribution is 0.661. The van der Waals surface area contributed by atoms with Gasteiger partial charge in [0.1, 0.15) is 0 Å². The van der Waals surface area contributed by atoms with Crippen molar-refractivity contribution < 1.29 is 0 Å². The average Bonchev–Trinajstić information content (AvgIpc) is 3.65. The van der Waals surface area contributed by atoms with E-state index in [2.05, 4.69) is 194 Å². The van der Waals surface area contributed by atoms with E-state index in [0.717, 1.165) is 0 Å². The Morgan fingerprint density at radius 3 is 1.37 bits per heavy atom. The highest BCUT2D eigenvalue weighted by molar-refractivity contribution is 6.24. The lowest BCUT2D eigenvalue weighted by atomic mass is 9.79. The van der Waals surface area contributed by atoms with E-state index in [1.807, 2.05) is 0 Å². The Balaban J connectivity index is 1.17. The van der Waals surface area contributed by atoms with Crippen LogP contribution in [0.25, 0.3) is 93.2 Å².